The van der Waals surface area contributed by atoms with Crippen molar-refractivity contribution >= 4 is 34.8 Å². The molecule has 0 atom stereocenters. The van der Waals surface area contributed by atoms with Gasteiger partial charge < -0.3 is 5.32 Å². The average Bonchev–Trinajstić information content (AvgIpc) is 2.80. The van der Waals surface area contributed by atoms with Crippen molar-refractivity contribution in [3.63, 3.8) is 0 Å². The number of nitrogens with one attached hydrogen (secondary N) is 2. The van der Waals surface area contributed by atoms with Gasteiger partial charge in [-0.1, -0.05) is 72.3 Å². The molecule has 2 amide bonds. The van der Waals surface area contributed by atoms with Crippen LogP contribution >= 0.6 is 11.6 Å². The minimum Gasteiger partial charge on any atom is -0.326 e. The molecule has 3 rings (SSSR count). The molecule has 3 aromatic carbocycles. The Morgan fingerprint density at radius 2 is 1.48 bits per heavy atom. The molecule has 5 nitrogen and oxygen atoms in total. The van der Waals surface area contributed by atoms with Crippen LogP contribution in [0.1, 0.15) is 30.9 Å². The second-order valence-corrected chi connectivity index (χ2v) is 7.54. The molecular formula is C25H24ClN3O2. The maximum Gasteiger partial charge on any atom is 0.240 e. The van der Waals surface area contributed by atoms with Crippen molar-refractivity contribution < 1.29 is 9.59 Å². The zero-order valence-electron chi connectivity index (χ0n) is 17.5. The van der Waals surface area contributed by atoms with Gasteiger partial charge in [0.25, 0.3) is 0 Å². The minimum absolute atomic E-state index is 0.0369. The molecule has 0 radical (unpaired) electrons. The fourth-order valence-corrected chi connectivity index (χ4v) is 3.16. The molecule has 31 heavy (non-hydrogen) atoms. The number of rotatable bonds is 7. The Morgan fingerprint density at radius 3 is 2.19 bits per heavy atom. The highest BCUT2D eigenvalue weighted by molar-refractivity contribution is 6.31. The first-order valence-corrected chi connectivity index (χ1v) is 10.4. The van der Waals surface area contributed by atoms with Crippen molar-refractivity contribution in [3.05, 3.63) is 88.9 Å². The summed E-state index contributed by atoms with van der Waals surface area (Å²) < 4.78 is 0. The highest BCUT2D eigenvalue weighted by atomic mass is 35.5. The topological polar surface area (TPSA) is 70.6 Å². The Morgan fingerprint density at radius 1 is 0.839 bits per heavy atom. The molecule has 0 aliphatic carbocycles. The third-order valence-corrected chi connectivity index (χ3v) is 5.29. The SMILES string of the molecule is CC(=NNC(=O)CCC(=O)Nc1cccc(Cl)c1C)c1ccc(-c2ccccc2)cc1. The maximum absolute atomic E-state index is 12.1. The number of anilines is 1. The van der Waals surface area contributed by atoms with E-state index in [1.54, 1.807) is 18.2 Å². The van der Waals surface area contributed by atoms with E-state index in [0.717, 1.165) is 22.3 Å². The number of benzene rings is 3. The summed E-state index contributed by atoms with van der Waals surface area (Å²) >= 11 is 6.06. The van der Waals surface area contributed by atoms with E-state index in [4.69, 9.17) is 11.6 Å². The monoisotopic (exact) mass is 433 g/mol. The fourth-order valence-electron chi connectivity index (χ4n) is 2.98. The van der Waals surface area contributed by atoms with Gasteiger partial charge in [0.1, 0.15) is 0 Å². The second kappa shape index (κ2) is 10.5. The molecule has 0 bridgehead atoms. The smallest absolute Gasteiger partial charge is 0.240 e. The lowest BCUT2D eigenvalue weighted by molar-refractivity contribution is -0.124. The fraction of sp³-hybridized carbons (Fsp3) is 0.160. The molecule has 0 aromatic heterocycles. The van der Waals surface area contributed by atoms with E-state index in [1.807, 2.05) is 56.3 Å². The van der Waals surface area contributed by atoms with Crippen molar-refractivity contribution in [2.24, 2.45) is 5.10 Å². The molecule has 0 spiro atoms. The lowest BCUT2D eigenvalue weighted by atomic mass is 10.0. The summed E-state index contributed by atoms with van der Waals surface area (Å²) in [6.45, 7) is 3.65. The zero-order valence-corrected chi connectivity index (χ0v) is 18.2. The lowest BCUT2D eigenvalue weighted by Crippen LogP contribution is -2.22. The van der Waals surface area contributed by atoms with E-state index in [0.29, 0.717) is 16.4 Å². The summed E-state index contributed by atoms with van der Waals surface area (Å²) in [5, 5.41) is 7.51. The van der Waals surface area contributed by atoms with Gasteiger partial charge in [0.15, 0.2) is 0 Å². The molecule has 158 valence electrons. The molecule has 0 heterocycles. The Bertz CT molecular complexity index is 1090. The zero-order chi connectivity index (χ0) is 22.2. The normalized spacial score (nSPS) is 11.1. The van der Waals surface area contributed by atoms with Gasteiger partial charge in [-0.3, -0.25) is 9.59 Å². The van der Waals surface area contributed by atoms with Crippen molar-refractivity contribution in [2.45, 2.75) is 26.7 Å². The van der Waals surface area contributed by atoms with Crippen molar-refractivity contribution in [1.82, 2.24) is 5.43 Å². The first-order chi connectivity index (χ1) is 14.9. The van der Waals surface area contributed by atoms with Crippen LogP contribution in [0, 0.1) is 6.92 Å². The molecule has 0 saturated carbocycles. The maximum atomic E-state index is 12.1. The van der Waals surface area contributed by atoms with Crippen molar-refractivity contribution in [1.29, 1.82) is 0 Å². The number of amides is 2. The number of halogens is 1. The number of hydrogen-bond acceptors (Lipinski definition) is 3. The molecule has 0 saturated heterocycles. The number of hydrogen-bond donors (Lipinski definition) is 2. The molecule has 0 fully saturated rings. The summed E-state index contributed by atoms with van der Waals surface area (Å²) in [6, 6.07) is 23.4. The number of nitrogens with zero attached hydrogens (tertiary/aromatic N) is 1. The third kappa shape index (κ3) is 6.27. The van der Waals surface area contributed by atoms with E-state index in [1.165, 1.54) is 0 Å². The Hall–Kier alpha value is -3.44. The van der Waals surface area contributed by atoms with Gasteiger partial charge in [-0.15, -0.1) is 0 Å². The highest BCUT2D eigenvalue weighted by Gasteiger charge is 2.09. The largest absolute Gasteiger partial charge is 0.326 e. The standard InChI is InChI=1S/C25H24ClN3O2/c1-17-22(26)9-6-10-23(17)27-24(30)15-16-25(31)29-28-18(2)19-11-13-21(14-12-19)20-7-4-3-5-8-20/h3-14H,15-16H2,1-2H3,(H,27,30)(H,29,31). The van der Waals surface area contributed by atoms with Gasteiger partial charge in [-0.2, -0.15) is 5.10 Å². The molecule has 0 aliphatic rings. The number of hydrazone groups is 1. The second-order valence-electron chi connectivity index (χ2n) is 7.14. The van der Waals surface area contributed by atoms with Crippen LogP contribution < -0.4 is 10.7 Å². The molecule has 2 N–H and O–H groups in total. The van der Waals surface area contributed by atoms with Crippen molar-refractivity contribution in [2.75, 3.05) is 5.32 Å². The molecule has 6 heteroatoms. The van der Waals surface area contributed by atoms with E-state index >= 15 is 0 Å². The summed E-state index contributed by atoms with van der Waals surface area (Å²) in [5.74, 6) is -0.573. The van der Waals surface area contributed by atoms with Crippen LogP contribution in [0.25, 0.3) is 11.1 Å². The van der Waals surface area contributed by atoms with Gasteiger partial charge >= 0.3 is 0 Å². The van der Waals surface area contributed by atoms with Crippen LogP contribution in [0.3, 0.4) is 0 Å². The molecule has 0 unspecified atom stereocenters. The van der Waals surface area contributed by atoms with Crippen LogP contribution in [-0.2, 0) is 9.59 Å². The van der Waals surface area contributed by atoms with Crippen LogP contribution in [0.4, 0.5) is 5.69 Å². The van der Waals surface area contributed by atoms with Gasteiger partial charge in [0.2, 0.25) is 11.8 Å². The quantitative estimate of drug-likeness (QED) is 0.377. The summed E-state index contributed by atoms with van der Waals surface area (Å²) in [6.07, 6.45) is 0.0906. The Labute approximate surface area is 187 Å². The molecule has 3 aromatic rings. The molecular weight excluding hydrogens is 410 g/mol. The summed E-state index contributed by atoms with van der Waals surface area (Å²) in [4.78, 5) is 24.2. The van der Waals surface area contributed by atoms with E-state index in [-0.39, 0.29) is 24.7 Å². The van der Waals surface area contributed by atoms with Crippen molar-refractivity contribution in [3.8, 4) is 11.1 Å². The minimum atomic E-state index is -0.321. The lowest BCUT2D eigenvalue weighted by Gasteiger charge is -2.09. The Kier molecular flexibility index (Phi) is 7.57. The van der Waals surface area contributed by atoms with Gasteiger partial charge in [-0.25, -0.2) is 5.43 Å². The number of carbonyl (C=O) groups excluding carboxylic acids is 2. The highest BCUT2D eigenvalue weighted by Crippen LogP contribution is 2.23. The van der Waals surface area contributed by atoms with Gasteiger partial charge in [-0.05, 0) is 48.2 Å². The van der Waals surface area contributed by atoms with Crippen LogP contribution in [0.2, 0.25) is 5.02 Å². The Balaban J connectivity index is 1.50. The summed E-state index contributed by atoms with van der Waals surface area (Å²) in [7, 11) is 0. The summed E-state index contributed by atoms with van der Waals surface area (Å²) in [5.41, 5.74) is 7.80. The van der Waals surface area contributed by atoms with E-state index < -0.39 is 0 Å². The van der Waals surface area contributed by atoms with Gasteiger partial charge in [0.05, 0.1) is 5.71 Å². The first-order valence-electron chi connectivity index (χ1n) is 9.98. The third-order valence-electron chi connectivity index (χ3n) is 4.88. The van der Waals surface area contributed by atoms with Crippen LogP contribution in [0.5, 0.6) is 0 Å². The van der Waals surface area contributed by atoms with Crippen LogP contribution in [-0.4, -0.2) is 17.5 Å². The predicted octanol–water partition coefficient (Wildman–Crippen LogP) is 5.57. The average molecular weight is 434 g/mol. The first kappa shape index (κ1) is 22.2. The van der Waals surface area contributed by atoms with Crippen LogP contribution in [0.15, 0.2) is 77.9 Å². The van der Waals surface area contributed by atoms with Gasteiger partial charge in [0, 0.05) is 23.6 Å². The predicted molar refractivity (Wildman–Crippen MR) is 126 cm³/mol. The van der Waals surface area contributed by atoms with E-state index in [9.17, 15) is 9.59 Å². The molecule has 0 aliphatic heterocycles. The number of carbonyl (C=O) groups is 2. The van der Waals surface area contributed by atoms with E-state index in [2.05, 4.69) is 28.0 Å².